The standard InChI is InChI=1S/C19H19FN4O3/c1-19(2,17-12-4-3-5-13(20)16(12)27-24-17)23-18(25)14-15-11(6-7-22-14)10-21-8-9-26-15/h3-7,21H,8-10H2,1-2H3,(H,23,25). The number of carbonyl (C=O) groups is 1. The quantitative estimate of drug-likeness (QED) is 0.736. The van der Waals surface area contributed by atoms with E-state index in [-0.39, 0.29) is 11.3 Å². The molecule has 4 rings (SSSR count). The molecule has 2 aromatic heterocycles. The normalized spacial score (nSPS) is 14.3. The molecule has 1 aliphatic rings. The predicted molar refractivity (Wildman–Crippen MR) is 95.9 cm³/mol. The monoisotopic (exact) mass is 370 g/mol. The predicted octanol–water partition coefficient (Wildman–Crippen LogP) is 2.51. The van der Waals surface area contributed by atoms with Crippen molar-refractivity contribution in [3.63, 3.8) is 0 Å². The number of hydrogen-bond acceptors (Lipinski definition) is 6. The lowest BCUT2D eigenvalue weighted by molar-refractivity contribution is 0.0900. The van der Waals surface area contributed by atoms with Crippen molar-refractivity contribution >= 4 is 16.9 Å². The van der Waals surface area contributed by atoms with Gasteiger partial charge in [0.05, 0.1) is 10.9 Å². The maximum absolute atomic E-state index is 13.9. The number of aromatic nitrogens is 2. The molecule has 0 bridgehead atoms. The van der Waals surface area contributed by atoms with Crippen LogP contribution in [0.3, 0.4) is 0 Å². The van der Waals surface area contributed by atoms with Crippen molar-refractivity contribution in [2.75, 3.05) is 13.2 Å². The van der Waals surface area contributed by atoms with Gasteiger partial charge in [-0.15, -0.1) is 0 Å². The second kappa shape index (κ2) is 6.62. The number of rotatable bonds is 3. The number of halogens is 1. The number of amides is 1. The zero-order chi connectivity index (χ0) is 19.0. The summed E-state index contributed by atoms with van der Waals surface area (Å²) in [6.07, 6.45) is 1.58. The number of nitrogens with one attached hydrogen (secondary N) is 2. The number of ether oxygens (including phenoxy) is 1. The van der Waals surface area contributed by atoms with E-state index in [1.165, 1.54) is 6.07 Å². The largest absolute Gasteiger partial charge is 0.489 e. The van der Waals surface area contributed by atoms with Crippen LogP contribution in [0.2, 0.25) is 0 Å². The number of para-hydroxylation sites is 1. The Morgan fingerprint density at radius 1 is 1.33 bits per heavy atom. The average Bonchev–Trinajstić information content (AvgIpc) is 2.94. The van der Waals surface area contributed by atoms with Crippen LogP contribution < -0.4 is 15.4 Å². The molecule has 27 heavy (non-hydrogen) atoms. The highest BCUT2D eigenvalue weighted by molar-refractivity contribution is 5.96. The van der Waals surface area contributed by atoms with Gasteiger partial charge in [-0.3, -0.25) is 4.79 Å². The molecule has 1 amide bonds. The van der Waals surface area contributed by atoms with Crippen LogP contribution in [0, 0.1) is 5.82 Å². The molecule has 0 unspecified atom stereocenters. The van der Waals surface area contributed by atoms with Crippen molar-refractivity contribution in [3.8, 4) is 5.75 Å². The zero-order valence-corrected chi connectivity index (χ0v) is 15.0. The third-order valence-electron chi connectivity index (χ3n) is 4.51. The molecule has 0 aliphatic carbocycles. The van der Waals surface area contributed by atoms with Crippen LogP contribution in [0.25, 0.3) is 11.0 Å². The Kier molecular flexibility index (Phi) is 4.27. The summed E-state index contributed by atoms with van der Waals surface area (Å²) >= 11 is 0. The first kappa shape index (κ1) is 17.4. The second-order valence-electron chi connectivity index (χ2n) is 6.90. The molecule has 0 saturated heterocycles. The fourth-order valence-electron chi connectivity index (χ4n) is 3.18. The Morgan fingerprint density at radius 3 is 3.04 bits per heavy atom. The lowest BCUT2D eigenvalue weighted by atomic mass is 9.96. The number of nitrogens with zero attached hydrogens (tertiary/aromatic N) is 2. The van der Waals surface area contributed by atoms with Gasteiger partial charge in [-0.05, 0) is 32.0 Å². The van der Waals surface area contributed by atoms with Gasteiger partial charge in [0.15, 0.2) is 17.3 Å². The van der Waals surface area contributed by atoms with Crippen molar-refractivity contribution in [3.05, 3.63) is 53.2 Å². The maximum Gasteiger partial charge on any atom is 0.274 e. The highest BCUT2D eigenvalue weighted by atomic mass is 19.1. The minimum Gasteiger partial charge on any atom is -0.489 e. The van der Waals surface area contributed by atoms with Gasteiger partial charge >= 0.3 is 0 Å². The lowest BCUT2D eigenvalue weighted by Gasteiger charge is -2.24. The molecule has 0 spiro atoms. The van der Waals surface area contributed by atoms with Gasteiger partial charge in [0, 0.05) is 24.8 Å². The average molecular weight is 370 g/mol. The minimum atomic E-state index is -0.913. The van der Waals surface area contributed by atoms with Crippen LogP contribution in [0.15, 0.2) is 35.0 Å². The highest BCUT2D eigenvalue weighted by Crippen LogP contribution is 2.30. The molecule has 140 valence electrons. The number of hydrogen-bond donors (Lipinski definition) is 2. The molecular formula is C19H19FN4O3. The van der Waals surface area contributed by atoms with E-state index in [1.807, 2.05) is 6.07 Å². The molecule has 3 heterocycles. The maximum atomic E-state index is 13.9. The third kappa shape index (κ3) is 3.12. The first-order valence-corrected chi connectivity index (χ1v) is 8.65. The molecule has 0 radical (unpaired) electrons. The molecule has 1 aliphatic heterocycles. The van der Waals surface area contributed by atoms with E-state index in [2.05, 4.69) is 20.8 Å². The fraction of sp³-hybridized carbons (Fsp3) is 0.316. The summed E-state index contributed by atoms with van der Waals surface area (Å²) in [5.41, 5.74) is 0.678. The van der Waals surface area contributed by atoms with Gasteiger partial charge in [0.25, 0.3) is 5.91 Å². The third-order valence-corrected chi connectivity index (χ3v) is 4.51. The summed E-state index contributed by atoms with van der Waals surface area (Å²) in [6, 6.07) is 6.41. The summed E-state index contributed by atoms with van der Waals surface area (Å²) in [5.74, 6) is -0.414. The van der Waals surface area contributed by atoms with Gasteiger partial charge in [-0.1, -0.05) is 11.2 Å². The Labute approximate surface area is 154 Å². The topological polar surface area (TPSA) is 89.3 Å². The van der Waals surface area contributed by atoms with Crippen LogP contribution in [-0.2, 0) is 12.1 Å². The SMILES string of the molecule is CC(C)(NC(=O)c1nccc2c1OCCNC2)c1noc2c(F)cccc12. The highest BCUT2D eigenvalue weighted by Gasteiger charge is 2.32. The summed E-state index contributed by atoms with van der Waals surface area (Å²) in [5, 5.41) is 10.6. The summed E-state index contributed by atoms with van der Waals surface area (Å²) in [6.45, 7) is 5.30. The van der Waals surface area contributed by atoms with E-state index in [4.69, 9.17) is 9.26 Å². The number of pyridine rings is 1. The van der Waals surface area contributed by atoms with Gasteiger partial charge in [0.2, 0.25) is 5.58 Å². The van der Waals surface area contributed by atoms with E-state index >= 15 is 0 Å². The minimum absolute atomic E-state index is 0.0657. The van der Waals surface area contributed by atoms with E-state index in [0.29, 0.717) is 36.5 Å². The zero-order valence-electron chi connectivity index (χ0n) is 15.0. The molecule has 0 atom stereocenters. The van der Waals surface area contributed by atoms with Crippen molar-refractivity contribution < 1.29 is 18.4 Å². The summed E-state index contributed by atoms with van der Waals surface area (Å²) in [4.78, 5) is 17.1. The van der Waals surface area contributed by atoms with Gasteiger partial charge in [0.1, 0.15) is 12.3 Å². The van der Waals surface area contributed by atoms with Gasteiger partial charge in [-0.25, -0.2) is 9.37 Å². The molecule has 0 fully saturated rings. The van der Waals surface area contributed by atoms with Crippen molar-refractivity contribution in [2.45, 2.75) is 25.9 Å². The molecule has 8 heteroatoms. The smallest absolute Gasteiger partial charge is 0.274 e. The van der Waals surface area contributed by atoms with Gasteiger partial charge < -0.3 is 19.9 Å². The van der Waals surface area contributed by atoms with E-state index in [0.717, 1.165) is 5.56 Å². The Hall–Kier alpha value is -3.00. The fourth-order valence-corrected chi connectivity index (χ4v) is 3.18. The number of benzene rings is 1. The summed E-state index contributed by atoms with van der Waals surface area (Å²) < 4.78 is 24.7. The van der Waals surface area contributed by atoms with Gasteiger partial charge in [-0.2, -0.15) is 0 Å². The van der Waals surface area contributed by atoms with Crippen LogP contribution in [-0.4, -0.2) is 29.2 Å². The Morgan fingerprint density at radius 2 is 2.19 bits per heavy atom. The molecule has 7 nitrogen and oxygen atoms in total. The van der Waals surface area contributed by atoms with E-state index in [1.54, 1.807) is 32.2 Å². The lowest BCUT2D eigenvalue weighted by Crippen LogP contribution is -2.42. The Balaban J connectivity index is 1.67. The molecule has 2 N–H and O–H groups in total. The number of carbonyl (C=O) groups excluding carboxylic acids is 1. The van der Waals surface area contributed by atoms with Crippen LogP contribution in [0.5, 0.6) is 5.75 Å². The van der Waals surface area contributed by atoms with Crippen LogP contribution in [0.4, 0.5) is 4.39 Å². The summed E-state index contributed by atoms with van der Waals surface area (Å²) in [7, 11) is 0. The molecule has 3 aromatic rings. The first-order valence-electron chi connectivity index (χ1n) is 8.65. The molecular weight excluding hydrogens is 351 g/mol. The second-order valence-corrected chi connectivity index (χ2v) is 6.90. The van der Waals surface area contributed by atoms with Crippen LogP contribution in [0.1, 0.15) is 35.6 Å². The van der Waals surface area contributed by atoms with E-state index in [9.17, 15) is 9.18 Å². The molecule has 1 aromatic carbocycles. The number of fused-ring (bicyclic) bond motifs is 2. The first-order chi connectivity index (χ1) is 13.0. The van der Waals surface area contributed by atoms with Crippen molar-refractivity contribution in [1.29, 1.82) is 0 Å². The van der Waals surface area contributed by atoms with Crippen molar-refractivity contribution in [2.24, 2.45) is 0 Å². The van der Waals surface area contributed by atoms with Crippen LogP contribution >= 0.6 is 0 Å². The molecule has 0 saturated carbocycles. The Bertz CT molecular complexity index is 1020. The van der Waals surface area contributed by atoms with Crippen molar-refractivity contribution in [1.82, 2.24) is 20.8 Å². The van der Waals surface area contributed by atoms with E-state index < -0.39 is 17.3 Å².